The van der Waals surface area contributed by atoms with Gasteiger partial charge in [0.25, 0.3) is 0 Å². The second-order valence-corrected chi connectivity index (χ2v) is 7.56. The molecule has 2 N–H and O–H groups in total. The lowest BCUT2D eigenvalue weighted by Gasteiger charge is -2.39. The van der Waals surface area contributed by atoms with Gasteiger partial charge in [-0.1, -0.05) is 31.3 Å². The van der Waals surface area contributed by atoms with Gasteiger partial charge in [-0.15, -0.1) is 24.8 Å². The summed E-state index contributed by atoms with van der Waals surface area (Å²) in [7, 11) is 0. The second-order valence-electron chi connectivity index (χ2n) is 7.56. The highest BCUT2D eigenvalue weighted by Gasteiger charge is 2.35. The van der Waals surface area contributed by atoms with Gasteiger partial charge in [-0.25, -0.2) is 0 Å². The van der Waals surface area contributed by atoms with Gasteiger partial charge < -0.3 is 15.2 Å². The fourth-order valence-electron chi connectivity index (χ4n) is 4.04. The molecule has 2 aliphatic rings. The number of piperazine rings is 1. The molecule has 1 saturated heterocycles. The van der Waals surface area contributed by atoms with Crippen molar-refractivity contribution in [3.8, 4) is 0 Å². The largest absolute Gasteiger partial charge is 0.340 e. The van der Waals surface area contributed by atoms with Crippen LogP contribution in [-0.4, -0.2) is 58.6 Å². The molecule has 0 unspecified atom stereocenters. The number of halogens is 2. The van der Waals surface area contributed by atoms with E-state index in [2.05, 4.69) is 15.0 Å². The molecule has 1 aromatic heterocycles. The number of aromatic nitrogens is 2. The fourth-order valence-corrected chi connectivity index (χ4v) is 4.04. The van der Waals surface area contributed by atoms with Crippen LogP contribution in [0.25, 0.3) is 0 Å². The minimum Gasteiger partial charge on any atom is -0.340 e. The first-order valence-corrected chi connectivity index (χ1v) is 9.66. The average molecular weight is 422 g/mol. The van der Waals surface area contributed by atoms with Crippen LogP contribution in [0.15, 0.2) is 4.52 Å². The first-order chi connectivity index (χ1) is 12.1. The lowest BCUT2D eigenvalue weighted by atomic mass is 9.71. The van der Waals surface area contributed by atoms with E-state index in [1.165, 1.54) is 19.3 Å². The topological polar surface area (TPSA) is 88.5 Å². The van der Waals surface area contributed by atoms with Crippen molar-refractivity contribution in [2.24, 2.45) is 11.1 Å². The molecule has 1 aliphatic heterocycles. The van der Waals surface area contributed by atoms with Crippen LogP contribution in [0.4, 0.5) is 0 Å². The summed E-state index contributed by atoms with van der Waals surface area (Å²) in [6, 6.07) is 0. The Kier molecular flexibility index (Phi) is 10.0. The molecule has 0 bridgehead atoms. The van der Waals surface area contributed by atoms with Crippen LogP contribution in [0.3, 0.4) is 0 Å². The molecule has 0 aromatic carbocycles. The summed E-state index contributed by atoms with van der Waals surface area (Å²) in [6.45, 7) is 6.60. The Labute approximate surface area is 174 Å². The predicted molar refractivity (Wildman–Crippen MR) is 109 cm³/mol. The Morgan fingerprint density at radius 1 is 1.15 bits per heavy atom. The van der Waals surface area contributed by atoms with Crippen molar-refractivity contribution in [3.05, 3.63) is 11.7 Å². The van der Waals surface area contributed by atoms with Crippen molar-refractivity contribution in [2.75, 3.05) is 32.7 Å². The lowest BCUT2D eigenvalue weighted by Crippen LogP contribution is -2.50. The van der Waals surface area contributed by atoms with E-state index in [-0.39, 0.29) is 36.1 Å². The highest BCUT2D eigenvalue weighted by molar-refractivity contribution is 5.85. The van der Waals surface area contributed by atoms with Crippen LogP contribution < -0.4 is 5.73 Å². The molecule has 9 heteroatoms. The van der Waals surface area contributed by atoms with E-state index in [9.17, 15) is 4.79 Å². The van der Waals surface area contributed by atoms with Crippen LogP contribution in [0, 0.1) is 5.41 Å². The number of aryl methyl sites for hydroxylation is 1. The van der Waals surface area contributed by atoms with Crippen molar-refractivity contribution >= 4 is 30.7 Å². The van der Waals surface area contributed by atoms with Crippen molar-refractivity contribution in [3.63, 3.8) is 0 Å². The van der Waals surface area contributed by atoms with Crippen LogP contribution in [0.2, 0.25) is 0 Å². The summed E-state index contributed by atoms with van der Waals surface area (Å²) >= 11 is 0. The Hall–Kier alpha value is -0.890. The molecule has 0 radical (unpaired) electrons. The van der Waals surface area contributed by atoms with Crippen molar-refractivity contribution in [2.45, 2.75) is 58.4 Å². The van der Waals surface area contributed by atoms with Crippen molar-refractivity contribution in [1.29, 1.82) is 0 Å². The molecule has 27 heavy (non-hydrogen) atoms. The summed E-state index contributed by atoms with van der Waals surface area (Å²) in [6.07, 6.45) is 7.29. The Balaban J connectivity index is 0.00000182. The quantitative estimate of drug-likeness (QED) is 0.758. The van der Waals surface area contributed by atoms with Crippen molar-refractivity contribution < 1.29 is 9.32 Å². The molecule has 1 saturated carbocycles. The van der Waals surface area contributed by atoms with Crippen LogP contribution in [0.5, 0.6) is 0 Å². The molecule has 0 spiro atoms. The molecule has 2 heterocycles. The standard InChI is InChI=1S/C18H31N5O2.2ClH/c1-2-16-20-15(21-25-16)13-22-8-10-23(11-9-22)17(24)12-18(14-19)6-4-3-5-7-18;;/h2-14,19H2,1H3;2*1H. The van der Waals surface area contributed by atoms with Gasteiger partial charge >= 0.3 is 0 Å². The van der Waals surface area contributed by atoms with Crippen LogP contribution >= 0.6 is 24.8 Å². The molecular formula is C18H33Cl2N5O2. The third-order valence-corrected chi connectivity index (χ3v) is 5.78. The van der Waals surface area contributed by atoms with Gasteiger partial charge in [0.15, 0.2) is 5.82 Å². The lowest BCUT2D eigenvalue weighted by molar-refractivity contribution is -0.136. The van der Waals surface area contributed by atoms with Gasteiger partial charge in [0.2, 0.25) is 11.8 Å². The third kappa shape index (κ3) is 6.31. The third-order valence-electron chi connectivity index (χ3n) is 5.78. The fraction of sp³-hybridized carbons (Fsp3) is 0.833. The summed E-state index contributed by atoms with van der Waals surface area (Å²) in [5.41, 5.74) is 6.09. The highest BCUT2D eigenvalue weighted by Crippen LogP contribution is 2.38. The van der Waals surface area contributed by atoms with E-state index in [0.717, 1.165) is 51.3 Å². The number of amides is 1. The second kappa shape index (κ2) is 11.2. The van der Waals surface area contributed by atoms with Gasteiger partial charge in [0.1, 0.15) is 0 Å². The smallest absolute Gasteiger partial charge is 0.226 e. The summed E-state index contributed by atoms with van der Waals surface area (Å²) in [5.74, 6) is 1.70. The number of nitrogens with two attached hydrogens (primary N) is 1. The maximum absolute atomic E-state index is 12.7. The van der Waals surface area contributed by atoms with E-state index in [4.69, 9.17) is 10.3 Å². The van der Waals surface area contributed by atoms with Gasteiger partial charge in [0, 0.05) is 39.0 Å². The zero-order valence-corrected chi connectivity index (χ0v) is 17.8. The van der Waals surface area contributed by atoms with Gasteiger partial charge in [-0.3, -0.25) is 9.69 Å². The number of rotatable bonds is 6. The van der Waals surface area contributed by atoms with Gasteiger partial charge in [-0.2, -0.15) is 4.98 Å². The van der Waals surface area contributed by atoms with Crippen LogP contribution in [0.1, 0.15) is 57.2 Å². The predicted octanol–water partition coefficient (Wildman–Crippen LogP) is 2.42. The average Bonchev–Trinajstić information content (AvgIpc) is 3.10. The highest BCUT2D eigenvalue weighted by atomic mass is 35.5. The van der Waals surface area contributed by atoms with Crippen molar-refractivity contribution in [1.82, 2.24) is 19.9 Å². The number of carbonyl (C=O) groups excluding carboxylic acids is 1. The normalized spacial score (nSPS) is 19.9. The number of nitrogens with zero attached hydrogens (tertiary/aromatic N) is 4. The summed E-state index contributed by atoms with van der Waals surface area (Å²) in [5, 5.41) is 4.01. The minimum atomic E-state index is 0. The summed E-state index contributed by atoms with van der Waals surface area (Å²) in [4.78, 5) is 21.4. The zero-order chi connectivity index (χ0) is 17.7. The van der Waals surface area contributed by atoms with E-state index >= 15 is 0 Å². The minimum absolute atomic E-state index is 0. The molecule has 0 atom stereocenters. The first-order valence-electron chi connectivity index (χ1n) is 9.66. The Morgan fingerprint density at radius 2 is 1.81 bits per heavy atom. The number of carbonyl (C=O) groups is 1. The molecular weight excluding hydrogens is 389 g/mol. The zero-order valence-electron chi connectivity index (χ0n) is 16.2. The molecule has 1 aromatic rings. The molecule has 156 valence electrons. The molecule has 7 nitrogen and oxygen atoms in total. The van der Waals surface area contributed by atoms with E-state index in [0.29, 0.717) is 25.4 Å². The van der Waals surface area contributed by atoms with E-state index in [1.807, 2.05) is 11.8 Å². The Bertz CT molecular complexity index is 570. The van der Waals surface area contributed by atoms with Gasteiger partial charge in [0.05, 0.1) is 6.54 Å². The molecule has 1 amide bonds. The Morgan fingerprint density at radius 3 is 2.37 bits per heavy atom. The molecule has 3 rings (SSSR count). The molecule has 1 aliphatic carbocycles. The van der Waals surface area contributed by atoms with E-state index < -0.39 is 0 Å². The first kappa shape index (κ1) is 24.1. The number of hydrogen-bond donors (Lipinski definition) is 1. The summed E-state index contributed by atoms with van der Waals surface area (Å²) < 4.78 is 5.16. The molecule has 2 fully saturated rings. The van der Waals surface area contributed by atoms with E-state index in [1.54, 1.807) is 0 Å². The maximum atomic E-state index is 12.7. The SMILES string of the molecule is CCc1nc(CN2CCN(C(=O)CC3(CN)CCCCC3)CC2)no1.Cl.Cl. The number of hydrogen-bond acceptors (Lipinski definition) is 6. The van der Waals surface area contributed by atoms with Crippen LogP contribution in [-0.2, 0) is 17.8 Å². The monoisotopic (exact) mass is 421 g/mol. The van der Waals surface area contributed by atoms with Gasteiger partial charge in [-0.05, 0) is 24.8 Å². The maximum Gasteiger partial charge on any atom is 0.226 e.